The molecule has 0 amide bonds. The van der Waals surface area contributed by atoms with Crippen LogP contribution in [0.2, 0.25) is 0 Å². The Kier molecular flexibility index (Phi) is 5.48. The zero-order chi connectivity index (χ0) is 21.2. The third kappa shape index (κ3) is 4.22. The first-order chi connectivity index (χ1) is 15.2. The molecule has 1 saturated heterocycles. The van der Waals surface area contributed by atoms with Crippen LogP contribution in [0.15, 0.2) is 36.4 Å². The zero-order valence-electron chi connectivity index (χ0n) is 17.5. The van der Waals surface area contributed by atoms with Crippen molar-refractivity contribution in [3.8, 4) is 11.8 Å². The number of phenols is 1. The summed E-state index contributed by atoms with van der Waals surface area (Å²) >= 11 is 0. The minimum atomic E-state index is 0.258. The summed E-state index contributed by atoms with van der Waals surface area (Å²) in [5, 5.41) is 12.3. The van der Waals surface area contributed by atoms with Crippen molar-refractivity contribution in [2.45, 2.75) is 13.0 Å². The number of nitrogen functional groups attached to an aromatic ring is 1. The van der Waals surface area contributed by atoms with Gasteiger partial charge in [-0.3, -0.25) is 4.90 Å². The van der Waals surface area contributed by atoms with E-state index in [1.165, 1.54) is 0 Å². The fourth-order valence-electron chi connectivity index (χ4n) is 4.33. The summed E-state index contributed by atoms with van der Waals surface area (Å²) in [6, 6.07) is 12.0. The van der Waals surface area contributed by atoms with Crippen LogP contribution in [0.4, 0.5) is 11.5 Å². The number of rotatable bonds is 5. The van der Waals surface area contributed by atoms with Crippen LogP contribution in [0, 0.1) is 0 Å². The zero-order valence-corrected chi connectivity index (χ0v) is 17.5. The summed E-state index contributed by atoms with van der Waals surface area (Å²) in [5.74, 6) is 0.751. The molecule has 0 bridgehead atoms. The number of nitrogens with zero attached hydrogens (tertiary/aromatic N) is 4. The highest BCUT2D eigenvalue weighted by Gasteiger charge is 2.23. The molecule has 2 aliphatic rings. The predicted octanol–water partition coefficient (Wildman–Crippen LogP) is 2.19. The van der Waals surface area contributed by atoms with Gasteiger partial charge in [-0.1, -0.05) is 24.3 Å². The molecule has 3 N–H and O–H groups in total. The van der Waals surface area contributed by atoms with E-state index in [0.29, 0.717) is 25.0 Å². The van der Waals surface area contributed by atoms with Crippen LogP contribution in [0.25, 0.3) is 10.8 Å². The SMILES string of the molecule is Nc1nc(OCCN2CCOCC2)nc2c1CCN(c1cc(O)cc3ccccc13)C2. The molecular weight excluding hydrogens is 394 g/mol. The molecule has 0 atom stereocenters. The Labute approximate surface area is 181 Å². The summed E-state index contributed by atoms with van der Waals surface area (Å²) in [6.07, 6.45) is 0.749. The van der Waals surface area contributed by atoms with Gasteiger partial charge in [0.15, 0.2) is 0 Å². The van der Waals surface area contributed by atoms with Gasteiger partial charge in [0, 0.05) is 48.9 Å². The van der Waals surface area contributed by atoms with Crippen molar-refractivity contribution in [1.82, 2.24) is 14.9 Å². The first-order valence-electron chi connectivity index (χ1n) is 10.7. The first-order valence-corrected chi connectivity index (χ1v) is 10.7. The summed E-state index contributed by atoms with van der Waals surface area (Å²) in [6.45, 7) is 6.07. The van der Waals surface area contributed by atoms with Gasteiger partial charge in [-0.05, 0) is 17.9 Å². The van der Waals surface area contributed by atoms with E-state index >= 15 is 0 Å². The molecule has 1 fully saturated rings. The Balaban J connectivity index is 1.34. The number of hydrogen-bond donors (Lipinski definition) is 2. The molecular formula is C23H27N5O3. The highest BCUT2D eigenvalue weighted by Crippen LogP contribution is 2.35. The van der Waals surface area contributed by atoms with E-state index in [1.54, 1.807) is 6.07 Å². The third-order valence-electron chi connectivity index (χ3n) is 5.98. The van der Waals surface area contributed by atoms with E-state index < -0.39 is 0 Å². The standard InChI is InChI=1S/C23H27N5O3/c24-22-19-5-6-28(21-14-17(29)13-16-3-1-2-4-18(16)21)15-20(19)25-23(26-22)31-12-9-27-7-10-30-11-8-27/h1-4,13-14,29H,5-12,15H2,(H2,24,25,26). The Hall–Kier alpha value is -3.10. The van der Waals surface area contributed by atoms with E-state index in [2.05, 4.69) is 25.8 Å². The van der Waals surface area contributed by atoms with Gasteiger partial charge in [-0.2, -0.15) is 9.97 Å². The van der Waals surface area contributed by atoms with Gasteiger partial charge in [0.05, 0.1) is 25.5 Å². The van der Waals surface area contributed by atoms with E-state index in [4.69, 9.17) is 15.2 Å². The van der Waals surface area contributed by atoms with Gasteiger partial charge < -0.3 is 25.2 Å². The average Bonchev–Trinajstić information content (AvgIpc) is 2.79. The topological polar surface area (TPSA) is 97.0 Å². The van der Waals surface area contributed by atoms with Gasteiger partial charge in [-0.25, -0.2) is 0 Å². The molecule has 8 heteroatoms. The highest BCUT2D eigenvalue weighted by molar-refractivity contribution is 5.95. The van der Waals surface area contributed by atoms with Crippen LogP contribution in [-0.2, 0) is 17.7 Å². The molecule has 5 rings (SSSR count). The van der Waals surface area contributed by atoms with Gasteiger partial charge in [-0.15, -0.1) is 0 Å². The summed E-state index contributed by atoms with van der Waals surface area (Å²) in [4.78, 5) is 13.6. The molecule has 1 aromatic heterocycles. The van der Waals surface area contributed by atoms with Crippen LogP contribution in [0.3, 0.4) is 0 Å². The third-order valence-corrected chi connectivity index (χ3v) is 5.98. The maximum atomic E-state index is 10.2. The van der Waals surface area contributed by atoms with Crippen LogP contribution in [0.1, 0.15) is 11.3 Å². The Morgan fingerprint density at radius 2 is 1.94 bits per heavy atom. The Morgan fingerprint density at radius 1 is 1.10 bits per heavy atom. The van der Waals surface area contributed by atoms with Crippen molar-refractivity contribution >= 4 is 22.3 Å². The number of ether oxygens (including phenoxy) is 2. The van der Waals surface area contributed by atoms with E-state index in [0.717, 1.165) is 73.5 Å². The minimum Gasteiger partial charge on any atom is -0.508 e. The number of anilines is 2. The Morgan fingerprint density at radius 3 is 2.81 bits per heavy atom. The van der Waals surface area contributed by atoms with Crippen molar-refractivity contribution in [3.05, 3.63) is 47.7 Å². The molecule has 3 aromatic rings. The monoisotopic (exact) mass is 421 g/mol. The number of nitrogens with two attached hydrogens (primary N) is 1. The lowest BCUT2D eigenvalue weighted by molar-refractivity contribution is 0.0317. The van der Waals surface area contributed by atoms with E-state index in [-0.39, 0.29) is 5.75 Å². The smallest absolute Gasteiger partial charge is 0.318 e. The Bertz CT molecular complexity index is 1080. The van der Waals surface area contributed by atoms with Gasteiger partial charge in [0.2, 0.25) is 0 Å². The number of aromatic nitrogens is 2. The van der Waals surface area contributed by atoms with Crippen molar-refractivity contribution in [1.29, 1.82) is 0 Å². The van der Waals surface area contributed by atoms with Gasteiger partial charge in [0.25, 0.3) is 0 Å². The molecule has 0 aliphatic carbocycles. The van der Waals surface area contributed by atoms with E-state index in [1.807, 2.05) is 24.3 Å². The van der Waals surface area contributed by atoms with Crippen molar-refractivity contribution in [2.24, 2.45) is 0 Å². The largest absolute Gasteiger partial charge is 0.508 e. The summed E-state index contributed by atoms with van der Waals surface area (Å²) in [7, 11) is 0. The second-order valence-electron chi connectivity index (χ2n) is 7.98. The molecule has 2 aromatic carbocycles. The van der Waals surface area contributed by atoms with Gasteiger partial charge >= 0.3 is 6.01 Å². The molecule has 2 aliphatic heterocycles. The normalized spacial score (nSPS) is 17.0. The van der Waals surface area contributed by atoms with Crippen LogP contribution in [-0.4, -0.2) is 66.0 Å². The summed E-state index contributed by atoms with van der Waals surface area (Å²) < 4.78 is 11.2. The van der Waals surface area contributed by atoms with Crippen molar-refractivity contribution in [2.75, 3.05) is 56.6 Å². The lowest BCUT2D eigenvalue weighted by Gasteiger charge is -2.31. The fraction of sp³-hybridized carbons (Fsp3) is 0.391. The van der Waals surface area contributed by atoms with Crippen LogP contribution in [0.5, 0.6) is 11.8 Å². The molecule has 162 valence electrons. The van der Waals surface area contributed by atoms with E-state index in [9.17, 15) is 5.11 Å². The molecule has 8 nitrogen and oxygen atoms in total. The lowest BCUT2D eigenvalue weighted by atomic mass is 10.0. The molecule has 0 saturated carbocycles. The van der Waals surface area contributed by atoms with Crippen LogP contribution >= 0.6 is 0 Å². The minimum absolute atomic E-state index is 0.258. The second kappa shape index (κ2) is 8.56. The number of fused-ring (bicyclic) bond motifs is 2. The fourth-order valence-corrected chi connectivity index (χ4v) is 4.33. The number of morpholine rings is 1. The predicted molar refractivity (Wildman–Crippen MR) is 120 cm³/mol. The molecule has 31 heavy (non-hydrogen) atoms. The first kappa shape index (κ1) is 19.8. The molecule has 0 spiro atoms. The maximum Gasteiger partial charge on any atom is 0.318 e. The second-order valence-corrected chi connectivity index (χ2v) is 7.98. The van der Waals surface area contributed by atoms with Crippen molar-refractivity contribution in [3.63, 3.8) is 0 Å². The highest BCUT2D eigenvalue weighted by atomic mass is 16.5. The van der Waals surface area contributed by atoms with Gasteiger partial charge in [0.1, 0.15) is 18.2 Å². The van der Waals surface area contributed by atoms with Crippen molar-refractivity contribution < 1.29 is 14.6 Å². The molecule has 3 heterocycles. The number of aromatic hydroxyl groups is 1. The lowest BCUT2D eigenvalue weighted by Crippen LogP contribution is -2.38. The number of phenolic OH excluding ortho intramolecular Hbond substituents is 1. The number of hydrogen-bond acceptors (Lipinski definition) is 8. The number of benzene rings is 2. The quantitative estimate of drug-likeness (QED) is 0.647. The molecule has 0 unspecified atom stereocenters. The maximum absolute atomic E-state index is 10.2. The average molecular weight is 422 g/mol. The van der Waals surface area contributed by atoms with Crippen LogP contribution < -0.4 is 15.4 Å². The summed E-state index contributed by atoms with van der Waals surface area (Å²) in [5.41, 5.74) is 9.10. The molecule has 0 radical (unpaired) electrons.